The molecule has 0 amide bonds. The minimum absolute atomic E-state index is 0.0607. The molecule has 1 aromatic carbocycles. The number of ether oxygens (including phenoxy) is 1. The highest BCUT2D eigenvalue weighted by molar-refractivity contribution is 5.59. The highest BCUT2D eigenvalue weighted by Crippen LogP contribution is 2.55. The van der Waals surface area contributed by atoms with Crippen molar-refractivity contribution < 1.29 is 14.9 Å². The van der Waals surface area contributed by atoms with Crippen LogP contribution < -0.4 is 0 Å². The molecule has 3 heterocycles. The van der Waals surface area contributed by atoms with E-state index in [1.54, 1.807) is 0 Å². The number of nitrogens with zero attached hydrogens (tertiary/aromatic N) is 1. The van der Waals surface area contributed by atoms with Crippen LogP contribution in [0, 0.1) is 0 Å². The van der Waals surface area contributed by atoms with Gasteiger partial charge in [0, 0.05) is 0 Å². The molecule has 4 rings (SSSR count). The van der Waals surface area contributed by atoms with Gasteiger partial charge in [-0.15, -0.1) is 0 Å². The zero-order valence-electron chi connectivity index (χ0n) is 9.45. The van der Waals surface area contributed by atoms with Crippen molar-refractivity contribution in [3.63, 3.8) is 0 Å². The summed E-state index contributed by atoms with van der Waals surface area (Å²) in [4.78, 5) is 0. The van der Waals surface area contributed by atoms with Crippen LogP contribution in [0.4, 0.5) is 0 Å². The summed E-state index contributed by atoms with van der Waals surface area (Å²) >= 11 is 0. The van der Waals surface area contributed by atoms with E-state index in [0.29, 0.717) is 11.1 Å². The summed E-state index contributed by atoms with van der Waals surface area (Å²) in [5.41, 5.74) is 2.11. The van der Waals surface area contributed by atoms with E-state index in [1.165, 1.54) is 4.57 Å². The van der Waals surface area contributed by atoms with Gasteiger partial charge in [0.05, 0.1) is 16.8 Å². The maximum Gasteiger partial charge on any atom is 0.205 e. The number of benzene rings is 1. The van der Waals surface area contributed by atoms with E-state index in [2.05, 4.69) is 0 Å². The van der Waals surface area contributed by atoms with Crippen molar-refractivity contribution in [2.45, 2.75) is 12.2 Å². The topological polar surface area (TPSA) is 54.6 Å². The average molecular weight is 241 g/mol. The number of para-hydroxylation sites is 1. The Kier molecular flexibility index (Phi) is 1.73. The predicted molar refractivity (Wildman–Crippen MR) is 64.8 cm³/mol. The SMILES string of the molecule is Oc1c2c(c(O)n1-c1ccccc1)[C@H]1C=CC2O1. The first-order valence-electron chi connectivity index (χ1n) is 5.83. The van der Waals surface area contributed by atoms with Crippen molar-refractivity contribution in [3.05, 3.63) is 53.6 Å². The number of rotatable bonds is 1. The second kappa shape index (κ2) is 3.17. The molecule has 0 saturated carbocycles. The third kappa shape index (κ3) is 1.03. The lowest BCUT2D eigenvalue weighted by Crippen LogP contribution is -1.96. The van der Waals surface area contributed by atoms with E-state index in [9.17, 15) is 10.2 Å². The van der Waals surface area contributed by atoms with E-state index in [1.807, 2.05) is 42.5 Å². The van der Waals surface area contributed by atoms with E-state index in [-0.39, 0.29) is 24.0 Å². The van der Waals surface area contributed by atoms with Crippen molar-refractivity contribution in [1.29, 1.82) is 0 Å². The van der Waals surface area contributed by atoms with Crippen LogP contribution in [0.1, 0.15) is 23.3 Å². The van der Waals surface area contributed by atoms with Crippen molar-refractivity contribution in [2.24, 2.45) is 0 Å². The van der Waals surface area contributed by atoms with Crippen molar-refractivity contribution in [2.75, 3.05) is 0 Å². The third-order valence-electron chi connectivity index (χ3n) is 3.53. The predicted octanol–water partition coefficient (Wildman–Crippen LogP) is 2.57. The quantitative estimate of drug-likeness (QED) is 0.754. The summed E-state index contributed by atoms with van der Waals surface area (Å²) in [6.45, 7) is 0. The molecule has 2 atom stereocenters. The Balaban J connectivity index is 1.98. The van der Waals surface area contributed by atoms with Gasteiger partial charge in [-0.3, -0.25) is 4.57 Å². The highest BCUT2D eigenvalue weighted by atomic mass is 16.5. The van der Waals surface area contributed by atoms with Gasteiger partial charge < -0.3 is 14.9 Å². The Labute approximate surface area is 103 Å². The second-order valence-corrected chi connectivity index (χ2v) is 4.51. The van der Waals surface area contributed by atoms with Crippen molar-refractivity contribution in [3.8, 4) is 17.4 Å². The summed E-state index contributed by atoms with van der Waals surface area (Å²) in [5, 5.41) is 20.6. The Morgan fingerprint density at radius 2 is 1.44 bits per heavy atom. The number of hydrogen-bond donors (Lipinski definition) is 2. The van der Waals surface area contributed by atoms with Gasteiger partial charge in [-0.1, -0.05) is 30.4 Å². The van der Waals surface area contributed by atoms with Crippen molar-refractivity contribution >= 4 is 0 Å². The van der Waals surface area contributed by atoms with Gasteiger partial charge >= 0.3 is 0 Å². The van der Waals surface area contributed by atoms with Crippen LogP contribution in [0.3, 0.4) is 0 Å². The molecule has 2 aliphatic rings. The molecule has 2 aliphatic heterocycles. The Morgan fingerprint density at radius 1 is 0.889 bits per heavy atom. The van der Waals surface area contributed by atoms with Crippen LogP contribution in [0.2, 0.25) is 0 Å². The van der Waals surface area contributed by atoms with Crippen LogP contribution in [0.5, 0.6) is 11.8 Å². The summed E-state index contributed by atoms with van der Waals surface area (Å²) in [7, 11) is 0. The molecule has 0 saturated heterocycles. The van der Waals surface area contributed by atoms with E-state index in [4.69, 9.17) is 4.74 Å². The maximum absolute atomic E-state index is 10.3. The minimum Gasteiger partial charge on any atom is -0.494 e. The summed E-state index contributed by atoms with van der Waals surface area (Å²) in [5.74, 6) is 0.121. The van der Waals surface area contributed by atoms with E-state index in [0.717, 1.165) is 5.69 Å². The smallest absolute Gasteiger partial charge is 0.205 e. The van der Waals surface area contributed by atoms with Crippen LogP contribution in [-0.2, 0) is 4.74 Å². The van der Waals surface area contributed by atoms with E-state index < -0.39 is 0 Å². The maximum atomic E-state index is 10.3. The molecule has 4 nitrogen and oxygen atoms in total. The average Bonchev–Trinajstić information content (AvgIpc) is 3.05. The first-order chi connectivity index (χ1) is 8.77. The van der Waals surface area contributed by atoms with Crippen LogP contribution in [-0.4, -0.2) is 14.8 Å². The van der Waals surface area contributed by atoms with Crippen LogP contribution in [0.15, 0.2) is 42.5 Å². The Morgan fingerprint density at radius 3 is 2.00 bits per heavy atom. The molecule has 0 spiro atoms. The van der Waals surface area contributed by atoms with Crippen molar-refractivity contribution in [1.82, 2.24) is 4.57 Å². The molecule has 1 aromatic heterocycles. The Hall–Kier alpha value is -2.20. The van der Waals surface area contributed by atoms with Gasteiger partial charge in [-0.25, -0.2) is 0 Å². The molecule has 2 N–H and O–H groups in total. The second-order valence-electron chi connectivity index (χ2n) is 4.51. The fourth-order valence-electron chi connectivity index (χ4n) is 2.74. The van der Waals surface area contributed by atoms with Gasteiger partial charge in [0.1, 0.15) is 12.2 Å². The normalized spacial score (nSPS) is 23.6. The van der Waals surface area contributed by atoms with Gasteiger partial charge in [-0.2, -0.15) is 0 Å². The first-order valence-corrected chi connectivity index (χ1v) is 5.83. The fraction of sp³-hybridized carbons (Fsp3) is 0.143. The number of aromatic hydroxyl groups is 2. The van der Waals surface area contributed by atoms with Gasteiger partial charge in [-0.05, 0) is 12.1 Å². The molecular formula is C14H11NO3. The zero-order valence-corrected chi connectivity index (χ0v) is 9.45. The third-order valence-corrected chi connectivity index (χ3v) is 3.53. The Bertz CT molecular complexity index is 622. The summed E-state index contributed by atoms with van der Waals surface area (Å²) in [6.07, 6.45) is 3.34. The molecule has 0 aliphatic carbocycles. The first kappa shape index (κ1) is 9.79. The largest absolute Gasteiger partial charge is 0.494 e. The number of aromatic nitrogens is 1. The monoisotopic (exact) mass is 241 g/mol. The lowest BCUT2D eigenvalue weighted by molar-refractivity contribution is 0.0842. The minimum atomic E-state index is -0.235. The summed E-state index contributed by atoms with van der Waals surface area (Å²) < 4.78 is 7.05. The molecule has 0 radical (unpaired) electrons. The lowest BCUT2D eigenvalue weighted by atomic mass is 10.0. The lowest BCUT2D eigenvalue weighted by Gasteiger charge is -2.09. The van der Waals surface area contributed by atoms with Crippen LogP contribution >= 0.6 is 0 Å². The standard InChI is InChI=1S/C14H11NO3/c16-13-11-9-6-7-10(18-9)12(11)14(17)15(13)8-4-2-1-3-5-8/h1-7,9-10,16-17H/t9-,10?/m1/s1. The van der Waals surface area contributed by atoms with Gasteiger partial charge in [0.25, 0.3) is 0 Å². The van der Waals surface area contributed by atoms with Crippen LogP contribution in [0.25, 0.3) is 5.69 Å². The highest BCUT2D eigenvalue weighted by Gasteiger charge is 2.42. The van der Waals surface area contributed by atoms with E-state index >= 15 is 0 Å². The molecule has 90 valence electrons. The van der Waals surface area contributed by atoms with Gasteiger partial charge in [0.15, 0.2) is 0 Å². The molecular weight excluding hydrogens is 230 g/mol. The molecule has 1 unspecified atom stereocenters. The molecule has 18 heavy (non-hydrogen) atoms. The molecule has 2 bridgehead atoms. The molecule has 2 aromatic rings. The fourth-order valence-corrected chi connectivity index (χ4v) is 2.74. The molecule has 0 fully saturated rings. The summed E-state index contributed by atoms with van der Waals surface area (Å²) in [6, 6.07) is 9.30. The number of hydrogen-bond acceptors (Lipinski definition) is 3. The van der Waals surface area contributed by atoms with Gasteiger partial charge in [0.2, 0.25) is 11.8 Å². The number of fused-ring (bicyclic) bond motifs is 5. The zero-order chi connectivity index (χ0) is 12.3. The molecule has 4 heteroatoms.